The van der Waals surface area contributed by atoms with Gasteiger partial charge in [-0.05, 0) is 19.9 Å². The van der Waals surface area contributed by atoms with Crippen LogP contribution in [0.2, 0.25) is 0 Å². The van der Waals surface area contributed by atoms with E-state index in [2.05, 4.69) is 15.0 Å². The minimum Gasteiger partial charge on any atom is -0.380 e. The second-order valence-corrected chi connectivity index (χ2v) is 7.16. The lowest BCUT2D eigenvalue weighted by molar-refractivity contribution is -0.130. The molecule has 7 nitrogen and oxygen atoms in total. The average Bonchev–Trinajstić information content (AvgIpc) is 3.12. The molecule has 0 aliphatic carbocycles. The fourth-order valence-corrected chi connectivity index (χ4v) is 3.59. The van der Waals surface area contributed by atoms with Crippen LogP contribution in [0.3, 0.4) is 0 Å². The quantitative estimate of drug-likeness (QED) is 0.817. The van der Waals surface area contributed by atoms with E-state index in [0.717, 1.165) is 42.2 Å². The maximum absolute atomic E-state index is 12.1. The largest absolute Gasteiger partial charge is 0.380 e. The monoisotopic (exact) mass is 345 g/mol. The first-order chi connectivity index (χ1) is 11.9. The second-order valence-electron chi connectivity index (χ2n) is 7.16. The van der Waals surface area contributed by atoms with Gasteiger partial charge in [-0.25, -0.2) is 9.50 Å². The number of hydrogen-bond acceptors (Lipinski definition) is 5. The van der Waals surface area contributed by atoms with E-state index in [9.17, 15) is 4.79 Å². The Bertz CT molecular complexity index is 770. The van der Waals surface area contributed by atoms with Crippen LogP contribution in [0.5, 0.6) is 0 Å². The van der Waals surface area contributed by atoms with Crippen molar-refractivity contribution in [1.29, 1.82) is 0 Å². The number of fused-ring (bicyclic) bond motifs is 1. The number of nitrogens with zero attached hydrogens (tertiary/aromatic N) is 5. The summed E-state index contributed by atoms with van der Waals surface area (Å²) < 4.78 is 7.52. The summed E-state index contributed by atoms with van der Waals surface area (Å²) in [5, 5.41) is 4.47. The van der Waals surface area contributed by atoms with Crippen molar-refractivity contribution in [3.05, 3.63) is 29.2 Å². The number of amides is 1. The molecule has 0 bridgehead atoms. The van der Waals surface area contributed by atoms with Gasteiger partial charge in [-0.15, -0.1) is 0 Å². The predicted molar refractivity (Wildman–Crippen MR) is 95.3 cm³/mol. The highest BCUT2D eigenvalue weighted by Crippen LogP contribution is 2.25. The number of carbonyl (C=O) groups excluding carboxylic acids is 1. The average molecular weight is 345 g/mol. The molecule has 0 radical (unpaired) electrons. The fourth-order valence-electron chi connectivity index (χ4n) is 3.59. The number of hydrogen-bond donors (Lipinski definition) is 0. The summed E-state index contributed by atoms with van der Waals surface area (Å²) in [7, 11) is 5.32. The molecule has 3 rings (SSSR count). The maximum Gasteiger partial charge on any atom is 0.222 e. The topological polar surface area (TPSA) is 63.0 Å². The minimum absolute atomic E-state index is 0.0853. The molecule has 1 aliphatic rings. The van der Waals surface area contributed by atoms with Crippen molar-refractivity contribution >= 4 is 11.6 Å². The van der Waals surface area contributed by atoms with Crippen LogP contribution >= 0.6 is 0 Å². The Balaban J connectivity index is 1.75. The molecular formula is C18H27N5O2. The molecule has 7 heteroatoms. The van der Waals surface area contributed by atoms with Gasteiger partial charge in [-0.2, -0.15) is 5.10 Å². The number of rotatable bonds is 5. The third kappa shape index (κ3) is 3.67. The number of aryl methyl sites for hydroxylation is 2. The first-order valence-electron chi connectivity index (χ1n) is 8.65. The van der Waals surface area contributed by atoms with Crippen LogP contribution in [0.1, 0.15) is 23.4 Å². The second kappa shape index (κ2) is 7.09. The van der Waals surface area contributed by atoms with E-state index in [1.54, 1.807) is 26.1 Å². The molecule has 2 atom stereocenters. The smallest absolute Gasteiger partial charge is 0.222 e. The fraction of sp³-hybridized carbons (Fsp3) is 0.611. The Morgan fingerprint density at radius 3 is 2.80 bits per heavy atom. The first kappa shape index (κ1) is 17.8. The van der Waals surface area contributed by atoms with E-state index >= 15 is 0 Å². The highest BCUT2D eigenvalue weighted by Gasteiger charge is 2.34. The molecule has 1 aliphatic heterocycles. The number of methoxy groups -OCH3 is 1. The van der Waals surface area contributed by atoms with Gasteiger partial charge in [0.1, 0.15) is 0 Å². The van der Waals surface area contributed by atoms with Crippen LogP contribution in [0.15, 0.2) is 12.3 Å². The molecule has 3 heterocycles. The Labute approximate surface area is 148 Å². The third-order valence-corrected chi connectivity index (χ3v) is 4.94. The number of ether oxygens (including phenoxy) is 1. The van der Waals surface area contributed by atoms with Gasteiger partial charge in [0.05, 0.1) is 12.3 Å². The van der Waals surface area contributed by atoms with Crippen molar-refractivity contribution in [2.45, 2.75) is 32.9 Å². The summed E-state index contributed by atoms with van der Waals surface area (Å²) in [5.74, 6) is 0.371. The van der Waals surface area contributed by atoms with Gasteiger partial charge in [0.15, 0.2) is 5.65 Å². The Morgan fingerprint density at radius 2 is 2.12 bits per heavy atom. The Hall–Kier alpha value is -1.99. The highest BCUT2D eigenvalue weighted by atomic mass is 16.5. The van der Waals surface area contributed by atoms with Gasteiger partial charge in [0.25, 0.3) is 0 Å². The van der Waals surface area contributed by atoms with E-state index in [-0.39, 0.29) is 17.9 Å². The van der Waals surface area contributed by atoms with Gasteiger partial charge in [0.2, 0.25) is 5.91 Å². The standard InChI is InChI=1S/C18H27N5O2/c1-12-6-13(2)23-18(20-12)15(8-19-23)10-22-9-14(16(11-22)25-5)7-17(24)21(3)4/h6,8,14,16H,7,9-11H2,1-5H3/t14-,16+/m1/s1. The predicted octanol–water partition coefficient (Wildman–Crippen LogP) is 1.27. The van der Waals surface area contributed by atoms with E-state index in [0.29, 0.717) is 6.42 Å². The lowest BCUT2D eigenvalue weighted by atomic mass is 10.0. The third-order valence-electron chi connectivity index (χ3n) is 4.94. The summed E-state index contributed by atoms with van der Waals surface area (Å²) in [4.78, 5) is 20.7. The van der Waals surface area contributed by atoms with Crippen LogP contribution in [0, 0.1) is 19.8 Å². The van der Waals surface area contributed by atoms with Crippen LogP contribution in [-0.4, -0.2) is 70.7 Å². The molecule has 0 unspecified atom stereocenters. The van der Waals surface area contributed by atoms with E-state index in [1.807, 2.05) is 30.6 Å². The molecule has 2 aromatic heterocycles. The lowest BCUT2D eigenvalue weighted by Gasteiger charge is -2.18. The Kier molecular flexibility index (Phi) is 5.06. The van der Waals surface area contributed by atoms with Crippen molar-refractivity contribution < 1.29 is 9.53 Å². The van der Waals surface area contributed by atoms with Crippen molar-refractivity contribution in [2.24, 2.45) is 5.92 Å². The van der Waals surface area contributed by atoms with Gasteiger partial charge < -0.3 is 9.64 Å². The molecular weight excluding hydrogens is 318 g/mol. The number of aromatic nitrogens is 3. The summed E-state index contributed by atoms with van der Waals surface area (Å²) in [6.07, 6.45) is 2.50. The molecule has 0 N–H and O–H groups in total. The Morgan fingerprint density at radius 1 is 1.36 bits per heavy atom. The summed E-state index contributed by atoms with van der Waals surface area (Å²) in [5.41, 5.74) is 4.11. The zero-order valence-electron chi connectivity index (χ0n) is 15.7. The normalized spacial score (nSPS) is 21.2. The molecule has 136 valence electrons. The highest BCUT2D eigenvalue weighted by molar-refractivity contribution is 5.75. The van der Waals surface area contributed by atoms with Crippen LogP contribution in [-0.2, 0) is 16.1 Å². The molecule has 25 heavy (non-hydrogen) atoms. The molecule has 0 aromatic carbocycles. The first-order valence-corrected chi connectivity index (χ1v) is 8.65. The van der Waals surface area contributed by atoms with Gasteiger partial charge >= 0.3 is 0 Å². The molecule has 1 fully saturated rings. The number of carbonyl (C=O) groups is 1. The summed E-state index contributed by atoms with van der Waals surface area (Å²) >= 11 is 0. The van der Waals surface area contributed by atoms with Gasteiger partial charge in [-0.1, -0.05) is 0 Å². The van der Waals surface area contributed by atoms with Crippen molar-refractivity contribution in [3.8, 4) is 0 Å². The number of likely N-dealkylation sites (tertiary alicyclic amines) is 1. The van der Waals surface area contributed by atoms with E-state index in [4.69, 9.17) is 4.74 Å². The van der Waals surface area contributed by atoms with Crippen molar-refractivity contribution in [1.82, 2.24) is 24.4 Å². The lowest BCUT2D eigenvalue weighted by Crippen LogP contribution is -2.29. The summed E-state index contributed by atoms with van der Waals surface area (Å²) in [6.45, 7) is 6.48. The maximum atomic E-state index is 12.1. The zero-order chi connectivity index (χ0) is 18.1. The van der Waals surface area contributed by atoms with Crippen LogP contribution in [0.4, 0.5) is 0 Å². The van der Waals surface area contributed by atoms with E-state index in [1.165, 1.54) is 0 Å². The van der Waals surface area contributed by atoms with Gasteiger partial charge in [-0.3, -0.25) is 9.69 Å². The summed E-state index contributed by atoms with van der Waals surface area (Å²) in [6, 6.07) is 2.03. The van der Waals surface area contributed by atoms with Crippen LogP contribution < -0.4 is 0 Å². The van der Waals surface area contributed by atoms with Crippen molar-refractivity contribution in [2.75, 3.05) is 34.3 Å². The minimum atomic E-state index is 0.0853. The molecule has 0 saturated carbocycles. The van der Waals surface area contributed by atoms with Crippen LogP contribution in [0.25, 0.3) is 5.65 Å². The molecule has 1 amide bonds. The molecule has 2 aromatic rings. The van der Waals surface area contributed by atoms with E-state index < -0.39 is 0 Å². The SMILES string of the molecule is CO[C@H]1CN(Cc2cnn3c(C)cc(C)nc23)C[C@H]1CC(=O)N(C)C. The molecule has 1 saturated heterocycles. The molecule has 0 spiro atoms. The zero-order valence-corrected chi connectivity index (χ0v) is 15.7. The van der Waals surface area contributed by atoms with Gasteiger partial charge in [0, 0.05) is 70.1 Å². The van der Waals surface area contributed by atoms with Crippen molar-refractivity contribution in [3.63, 3.8) is 0 Å².